The number of guanidine groups is 1. The summed E-state index contributed by atoms with van der Waals surface area (Å²) < 4.78 is 50.9. The molecule has 2 aliphatic rings. The predicted molar refractivity (Wildman–Crippen MR) is 142 cm³/mol. The van der Waals surface area contributed by atoms with Crippen LogP contribution >= 0.6 is 11.6 Å². The number of carbonyl (C=O) groups excluding carboxylic acids is 2. The molecule has 3 atom stereocenters. The minimum atomic E-state index is -5.08. The first-order valence-electron chi connectivity index (χ1n) is 12.5. The quantitative estimate of drug-likeness (QED) is 0.363. The maximum absolute atomic E-state index is 13.6. The van der Waals surface area contributed by atoms with Crippen molar-refractivity contribution in [1.29, 1.82) is 10.7 Å². The average Bonchev–Trinajstić information content (AvgIpc) is 2.89. The molecular weight excluding hydrogens is 586 g/mol. The summed E-state index contributed by atoms with van der Waals surface area (Å²) in [6.07, 6.45) is -3.67. The maximum Gasteiger partial charge on any atom is 0.490 e. The molecule has 4 rings (SSSR count). The van der Waals surface area contributed by atoms with Crippen molar-refractivity contribution in [2.24, 2.45) is 0 Å². The summed E-state index contributed by atoms with van der Waals surface area (Å²) >= 11 is 6.67. The van der Waals surface area contributed by atoms with Gasteiger partial charge in [0.1, 0.15) is 11.9 Å². The zero-order valence-electron chi connectivity index (χ0n) is 22.3. The summed E-state index contributed by atoms with van der Waals surface area (Å²) in [7, 11) is 0. The number of hydrogen-bond acceptors (Lipinski definition) is 6. The number of nitrogens with zero attached hydrogens (tertiary/aromatic N) is 2. The van der Waals surface area contributed by atoms with Crippen molar-refractivity contribution >= 4 is 41.0 Å². The van der Waals surface area contributed by atoms with E-state index in [0.29, 0.717) is 30.7 Å². The molecule has 0 bridgehead atoms. The third-order valence-corrected chi connectivity index (χ3v) is 7.07. The Morgan fingerprint density at radius 3 is 2.55 bits per heavy atom. The van der Waals surface area contributed by atoms with Crippen LogP contribution in [-0.2, 0) is 19.9 Å². The molecule has 2 aromatic rings. The van der Waals surface area contributed by atoms with Crippen LogP contribution in [0.3, 0.4) is 0 Å². The van der Waals surface area contributed by atoms with E-state index in [4.69, 9.17) is 36.9 Å². The van der Waals surface area contributed by atoms with E-state index in [2.05, 4.69) is 10.6 Å². The van der Waals surface area contributed by atoms with E-state index < -0.39 is 29.4 Å². The molecule has 4 N–H and O–H groups in total. The van der Waals surface area contributed by atoms with Crippen LogP contribution in [0.25, 0.3) is 0 Å². The van der Waals surface area contributed by atoms with E-state index in [-0.39, 0.29) is 46.6 Å². The number of nitriles is 1. The van der Waals surface area contributed by atoms with Gasteiger partial charge in [0, 0.05) is 18.2 Å². The zero-order chi connectivity index (χ0) is 31.4. The predicted octanol–water partition coefficient (Wildman–Crippen LogP) is 4.78. The van der Waals surface area contributed by atoms with E-state index in [1.54, 1.807) is 31.2 Å². The van der Waals surface area contributed by atoms with Crippen molar-refractivity contribution in [2.45, 2.75) is 57.0 Å². The molecule has 0 unspecified atom stereocenters. The van der Waals surface area contributed by atoms with Gasteiger partial charge in [-0.1, -0.05) is 23.7 Å². The molecule has 0 aromatic heterocycles. The molecule has 10 nitrogen and oxygen atoms in total. The highest BCUT2D eigenvalue weighted by atomic mass is 35.5. The fourth-order valence-corrected chi connectivity index (χ4v) is 5.02. The highest BCUT2D eigenvalue weighted by Gasteiger charge is 2.44. The summed E-state index contributed by atoms with van der Waals surface area (Å²) in [6.45, 7) is 4.28. The number of rotatable bonds is 4. The highest BCUT2D eigenvalue weighted by Crippen LogP contribution is 2.38. The van der Waals surface area contributed by atoms with E-state index in [1.165, 1.54) is 11.0 Å². The lowest BCUT2D eigenvalue weighted by atomic mass is 9.85. The van der Waals surface area contributed by atoms with Crippen LogP contribution in [0.1, 0.15) is 54.6 Å². The molecule has 0 saturated carbocycles. The average molecular weight is 612 g/mol. The fourth-order valence-electron chi connectivity index (χ4n) is 4.64. The number of carbonyl (C=O) groups is 3. The Kier molecular flexibility index (Phi) is 9.80. The number of amides is 2. The molecule has 0 radical (unpaired) electrons. The number of alkyl halides is 3. The van der Waals surface area contributed by atoms with Gasteiger partial charge in [0.25, 0.3) is 5.91 Å². The summed E-state index contributed by atoms with van der Waals surface area (Å²) in [5.74, 6) is -4.21. The highest BCUT2D eigenvalue weighted by molar-refractivity contribution is 6.35. The second kappa shape index (κ2) is 12.7. The van der Waals surface area contributed by atoms with Gasteiger partial charge >= 0.3 is 12.1 Å². The van der Waals surface area contributed by atoms with Crippen molar-refractivity contribution in [2.75, 3.05) is 11.9 Å². The van der Waals surface area contributed by atoms with Crippen LogP contribution in [0, 0.1) is 22.6 Å². The van der Waals surface area contributed by atoms with Gasteiger partial charge in [-0.15, -0.1) is 0 Å². The molecule has 0 spiro atoms. The van der Waals surface area contributed by atoms with Crippen LogP contribution in [-0.4, -0.2) is 58.7 Å². The first kappa shape index (κ1) is 32.3. The van der Waals surface area contributed by atoms with Gasteiger partial charge in [0.15, 0.2) is 5.96 Å². The molecule has 0 aliphatic carbocycles. The molecule has 2 fully saturated rings. The van der Waals surface area contributed by atoms with Crippen LogP contribution < -0.4 is 10.6 Å². The maximum atomic E-state index is 13.6. The van der Waals surface area contributed by atoms with Gasteiger partial charge in [-0.05, 0) is 56.5 Å². The summed E-state index contributed by atoms with van der Waals surface area (Å²) in [5, 5.41) is 30.8. The minimum Gasteiger partial charge on any atom is -0.475 e. The smallest absolute Gasteiger partial charge is 0.475 e. The molecule has 2 aliphatic heterocycles. The van der Waals surface area contributed by atoms with Crippen LogP contribution in [0.2, 0.25) is 5.02 Å². The summed E-state index contributed by atoms with van der Waals surface area (Å²) in [6, 6.07) is 10.1. The Hall–Kier alpha value is -4.22. The normalized spacial score (nSPS) is 22.3. The van der Waals surface area contributed by atoms with Crippen molar-refractivity contribution in [1.82, 2.24) is 10.2 Å². The Labute approximate surface area is 242 Å². The molecule has 2 amide bonds. The number of hydrogen-bond donors (Lipinski definition) is 4. The van der Waals surface area contributed by atoms with E-state index >= 15 is 0 Å². The molecular formula is C27H26ClF4N5O5. The largest absolute Gasteiger partial charge is 0.490 e. The van der Waals surface area contributed by atoms with E-state index in [1.807, 2.05) is 6.92 Å². The van der Waals surface area contributed by atoms with Crippen LogP contribution in [0.5, 0.6) is 0 Å². The molecule has 2 aromatic carbocycles. The Balaban J connectivity index is 0.000000616. The lowest BCUT2D eigenvalue weighted by Crippen LogP contribution is -2.63. The van der Waals surface area contributed by atoms with Gasteiger partial charge in [0.05, 0.1) is 34.3 Å². The number of halogens is 5. The number of aliphatic carboxylic acids is 1. The minimum absolute atomic E-state index is 0.00343. The standard InChI is InChI=1S/C25H25ClFN5O3.C2HF3O2/c1-14-10-17(8-9-35-14)32-21(33)12-25(2,31-24(32)29)18-4-3-5-20(22(18)26)30-23(34)15-6-7-19(27)16(11-15)13-28;3-2(4,5)1(6)7/h3-7,11,14,17H,8-10,12H2,1-2H3,(H2,29,31)(H,30,34);(H,6,7)/t14-,17-,25+;/m1./s1. The second-order valence-electron chi connectivity index (χ2n) is 9.84. The first-order valence-corrected chi connectivity index (χ1v) is 12.9. The van der Waals surface area contributed by atoms with Crippen molar-refractivity contribution in [3.05, 3.63) is 63.9 Å². The second-order valence-corrected chi connectivity index (χ2v) is 10.2. The Bertz CT molecular complexity index is 1430. The van der Waals surface area contributed by atoms with Gasteiger partial charge in [0.2, 0.25) is 5.91 Å². The lowest BCUT2D eigenvalue weighted by molar-refractivity contribution is -0.192. The molecule has 2 saturated heterocycles. The number of benzene rings is 2. The Morgan fingerprint density at radius 1 is 1.31 bits per heavy atom. The van der Waals surface area contributed by atoms with Crippen molar-refractivity contribution < 1.29 is 41.8 Å². The number of carboxylic acids is 1. The molecule has 15 heteroatoms. The zero-order valence-corrected chi connectivity index (χ0v) is 23.1. The van der Waals surface area contributed by atoms with Crippen LogP contribution in [0.15, 0.2) is 36.4 Å². The lowest BCUT2D eigenvalue weighted by Gasteiger charge is -2.45. The monoisotopic (exact) mass is 611 g/mol. The molecule has 2 heterocycles. The van der Waals surface area contributed by atoms with Crippen molar-refractivity contribution in [3.63, 3.8) is 0 Å². The topological polar surface area (TPSA) is 156 Å². The van der Waals surface area contributed by atoms with Crippen molar-refractivity contribution in [3.8, 4) is 6.07 Å². The van der Waals surface area contributed by atoms with Crippen LogP contribution in [0.4, 0.5) is 23.2 Å². The number of ether oxygens (including phenoxy) is 1. The van der Waals surface area contributed by atoms with Gasteiger partial charge < -0.3 is 20.5 Å². The third-order valence-electron chi connectivity index (χ3n) is 6.66. The van der Waals surface area contributed by atoms with E-state index in [9.17, 15) is 27.2 Å². The summed E-state index contributed by atoms with van der Waals surface area (Å²) in [5.41, 5.74) is -0.267. The van der Waals surface area contributed by atoms with Gasteiger partial charge in [-0.25, -0.2) is 9.18 Å². The SMILES string of the molecule is C[C@@H]1C[C@H](N2C(=N)N[C@](C)(c3cccc(NC(=O)c4ccc(F)c(C#N)c4)c3Cl)CC2=O)CCO1.O=C(O)C(F)(F)F. The number of nitrogens with one attached hydrogen (secondary N) is 3. The number of carboxylic acid groups (broad SMARTS) is 1. The Morgan fingerprint density at radius 2 is 1.98 bits per heavy atom. The van der Waals surface area contributed by atoms with E-state index in [0.717, 1.165) is 12.1 Å². The fraction of sp³-hybridized carbons (Fsp3) is 0.370. The third kappa shape index (κ3) is 7.34. The van der Waals surface area contributed by atoms with Gasteiger partial charge in [-0.3, -0.25) is 19.9 Å². The summed E-state index contributed by atoms with van der Waals surface area (Å²) in [4.78, 5) is 36.3. The molecule has 224 valence electrons. The first-order chi connectivity index (χ1) is 19.6. The van der Waals surface area contributed by atoms with Gasteiger partial charge in [-0.2, -0.15) is 18.4 Å². The number of anilines is 1. The molecule has 42 heavy (non-hydrogen) atoms.